The molecular weight excluding hydrogens is 1460 g/mol. The standard InChI is InChI=1S/C64H106Br4O9Si8/c1-19-21-23-25-37-63(59-47-51(65)29-33-55(59)56-34-30-52(66)48-60(56)63)39-43-69-41-27-45-78(3,4)71-80(7,8)73-82(11,12)75-84(15,16)77-85(17,18)76-83(13,14)74-81(9,10)72-79(5,6)46-28-42-70-44-40-64(38-26-24-22-20-2)61-49-53(67)31-35-57(61)58-36-32-54(68)50-62(58)64/h29-36,47-50H,19-28,37-46H2,1-18H3. The lowest BCUT2D eigenvalue weighted by atomic mass is 9.72. The van der Waals surface area contributed by atoms with Gasteiger partial charge >= 0.3 is 51.4 Å². The van der Waals surface area contributed by atoms with Gasteiger partial charge in [0.2, 0.25) is 0 Å². The fraction of sp³-hybridized carbons (Fsp3) is 0.625. The molecule has 0 fully saturated rings. The third-order valence-corrected chi connectivity index (χ3v) is 49.6. The van der Waals surface area contributed by atoms with Crippen LogP contribution in [0.15, 0.2) is 90.7 Å². The molecule has 4 aromatic rings. The van der Waals surface area contributed by atoms with Crippen molar-refractivity contribution in [3.05, 3.63) is 113 Å². The molecule has 0 spiro atoms. The van der Waals surface area contributed by atoms with Gasteiger partial charge in [0.25, 0.3) is 0 Å². The Labute approximate surface area is 557 Å². The van der Waals surface area contributed by atoms with Crippen LogP contribution in [0, 0.1) is 0 Å². The Morgan fingerprint density at radius 2 is 0.565 bits per heavy atom. The molecule has 0 aliphatic heterocycles. The third-order valence-electron chi connectivity index (χ3n) is 16.5. The highest BCUT2D eigenvalue weighted by Crippen LogP contribution is 2.56. The highest BCUT2D eigenvalue weighted by molar-refractivity contribution is 9.11. The van der Waals surface area contributed by atoms with Crippen LogP contribution in [0.5, 0.6) is 0 Å². The second kappa shape index (κ2) is 30.9. The zero-order chi connectivity index (χ0) is 62.9. The maximum atomic E-state index is 7.07. The molecule has 6 rings (SSSR count). The Morgan fingerprint density at radius 1 is 0.306 bits per heavy atom. The van der Waals surface area contributed by atoms with E-state index in [9.17, 15) is 0 Å². The Balaban J connectivity index is 0.940. The van der Waals surface area contributed by atoms with Gasteiger partial charge in [0.05, 0.1) is 0 Å². The molecule has 0 atom stereocenters. The van der Waals surface area contributed by atoms with Crippen molar-refractivity contribution < 1.29 is 38.3 Å². The normalized spacial score (nSPS) is 15.3. The van der Waals surface area contributed by atoms with Crippen LogP contribution in [0.25, 0.3) is 22.3 Å². The lowest BCUT2D eigenvalue weighted by molar-refractivity contribution is 0.117. The topological polar surface area (TPSA) is 83.1 Å². The van der Waals surface area contributed by atoms with E-state index in [0.717, 1.165) is 68.5 Å². The summed E-state index contributed by atoms with van der Waals surface area (Å²) in [6.45, 7) is 42.5. The van der Waals surface area contributed by atoms with E-state index < -0.39 is 68.0 Å². The van der Waals surface area contributed by atoms with Crippen molar-refractivity contribution in [1.82, 2.24) is 0 Å². The molecule has 2 aliphatic carbocycles. The average molecular weight is 1560 g/mol. The van der Waals surface area contributed by atoms with Gasteiger partial charge in [-0.2, -0.15) is 0 Å². The van der Waals surface area contributed by atoms with E-state index in [1.54, 1.807) is 0 Å². The number of fused-ring (bicyclic) bond motifs is 6. The maximum Gasteiger partial charge on any atom is 0.314 e. The van der Waals surface area contributed by atoms with E-state index in [4.69, 9.17) is 38.3 Å². The predicted octanol–water partition coefficient (Wildman–Crippen LogP) is 22.2. The highest BCUT2D eigenvalue weighted by atomic mass is 79.9. The van der Waals surface area contributed by atoms with Crippen LogP contribution in [0.2, 0.25) is 117 Å². The molecule has 0 aromatic heterocycles. The lowest BCUT2D eigenvalue weighted by Gasteiger charge is -2.44. The van der Waals surface area contributed by atoms with Crippen molar-refractivity contribution in [2.75, 3.05) is 26.4 Å². The molecule has 4 aromatic carbocycles. The van der Waals surface area contributed by atoms with E-state index in [1.165, 1.54) is 95.9 Å². The lowest BCUT2D eigenvalue weighted by Crippen LogP contribution is -2.61. The minimum Gasteiger partial charge on any atom is -0.436 e. The first-order valence-corrected chi connectivity index (χ1v) is 58.1. The van der Waals surface area contributed by atoms with Crippen molar-refractivity contribution in [2.45, 2.75) is 231 Å². The smallest absolute Gasteiger partial charge is 0.314 e. The molecule has 0 heterocycles. The summed E-state index contributed by atoms with van der Waals surface area (Å²) in [4.78, 5) is 0. The minimum absolute atomic E-state index is 0.0749. The summed E-state index contributed by atoms with van der Waals surface area (Å²) in [6, 6.07) is 29.4. The van der Waals surface area contributed by atoms with E-state index in [2.05, 4.69) is 255 Å². The molecular formula is C64H106Br4O9Si8. The van der Waals surface area contributed by atoms with E-state index in [0.29, 0.717) is 26.4 Å². The van der Waals surface area contributed by atoms with E-state index in [1.807, 2.05) is 0 Å². The zero-order valence-corrected chi connectivity index (χ0v) is 69.6. The van der Waals surface area contributed by atoms with Crippen LogP contribution in [0.1, 0.15) is 126 Å². The average Bonchev–Trinajstić information content (AvgIpc) is 1.64. The summed E-state index contributed by atoms with van der Waals surface area (Å²) in [5, 5.41) is 0. The van der Waals surface area contributed by atoms with Crippen molar-refractivity contribution in [2.24, 2.45) is 0 Å². The maximum absolute atomic E-state index is 7.07. The molecule has 2 aliphatic rings. The van der Waals surface area contributed by atoms with Crippen molar-refractivity contribution in [1.29, 1.82) is 0 Å². The molecule has 85 heavy (non-hydrogen) atoms. The first kappa shape index (κ1) is 74.2. The Morgan fingerprint density at radius 3 is 0.824 bits per heavy atom. The first-order valence-electron chi connectivity index (χ1n) is 31.8. The van der Waals surface area contributed by atoms with Crippen LogP contribution in [-0.2, 0) is 49.1 Å². The van der Waals surface area contributed by atoms with Crippen molar-refractivity contribution >= 4 is 132 Å². The number of rotatable bonds is 38. The van der Waals surface area contributed by atoms with Gasteiger partial charge in [-0.05, 0) is 248 Å². The third kappa shape index (κ3) is 21.6. The molecule has 0 saturated carbocycles. The summed E-state index contributed by atoms with van der Waals surface area (Å²) < 4.78 is 66.8. The van der Waals surface area contributed by atoms with E-state index >= 15 is 0 Å². The Hall–Kier alpha value is 0.175. The SMILES string of the molecule is CCCCCCC1(CCOCCC[Si](C)(C)O[Si](C)(C)O[Si](C)(C)O[Si](C)(C)O[Si](C)(C)O[Si](C)(C)O[Si](C)(C)O[Si](C)(C)CCCOCCC2(CCCCCC)c3cc(Br)ccc3-c3ccc(Br)cc32)c2cc(Br)ccc2-c2ccc(Br)cc21. The van der Waals surface area contributed by atoms with Crippen LogP contribution in [0.4, 0.5) is 0 Å². The first-order chi connectivity index (χ1) is 39.5. The molecule has 0 N–H and O–H groups in total. The van der Waals surface area contributed by atoms with Gasteiger partial charge in [-0.3, -0.25) is 0 Å². The number of hydrogen-bond acceptors (Lipinski definition) is 9. The van der Waals surface area contributed by atoms with Crippen molar-refractivity contribution in [3.63, 3.8) is 0 Å². The zero-order valence-electron chi connectivity index (χ0n) is 55.3. The number of unbranched alkanes of at least 4 members (excludes halogenated alkanes) is 6. The summed E-state index contributed by atoms with van der Waals surface area (Å²) in [7, 11) is -20.4. The van der Waals surface area contributed by atoms with Gasteiger partial charge in [0.1, 0.15) is 0 Å². The second-order valence-corrected chi connectivity index (χ2v) is 62.3. The van der Waals surface area contributed by atoms with Gasteiger partial charge in [-0.1, -0.05) is 153 Å². The van der Waals surface area contributed by atoms with Crippen LogP contribution in [-0.4, -0.2) is 94.4 Å². The highest BCUT2D eigenvalue weighted by Gasteiger charge is 2.50. The number of benzene rings is 4. The molecule has 9 nitrogen and oxygen atoms in total. The van der Waals surface area contributed by atoms with Crippen molar-refractivity contribution in [3.8, 4) is 22.3 Å². The molecule has 0 saturated heterocycles. The molecule has 21 heteroatoms. The van der Waals surface area contributed by atoms with Crippen LogP contribution in [0.3, 0.4) is 0 Å². The molecule has 0 unspecified atom stereocenters. The summed E-state index contributed by atoms with van der Waals surface area (Å²) >= 11 is 15.3. The summed E-state index contributed by atoms with van der Waals surface area (Å²) in [6.07, 6.45) is 16.0. The second-order valence-electron chi connectivity index (χ2n) is 28.1. The number of hydrogen-bond donors (Lipinski definition) is 0. The molecule has 0 amide bonds. The summed E-state index contributed by atoms with van der Waals surface area (Å²) in [5.41, 5.74) is 11.0. The molecule has 0 bridgehead atoms. The largest absolute Gasteiger partial charge is 0.436 e. The van der Waals surface area contributed by atoms with Gasteiger partial charge in [0, 0.05) is 55.1 Å². The number of halogens is 4. The van der Waals surface area contributed by atoms with Gasteiger partial charge in [-0.25, -0.2) is 0 Å². The molecule has 0 radical (unpaired) electrons. The monoisotopic (exact) mass is 1560 g/mol. The van der Waals surface area contributed by atoms with Gasteiger partial charge in [-0.15, -0.1) is 0 Å². The Kier molecular flexibility index (Phi) is 27.0. The summed E-state index contributed by atoms with van der Waals surface area (Å²) in [5.74, 6) is 0. The van der Waals surface area contributed by atoms with Crippen LogP contribution < -0.4 is 0 Å². The van der Waals surface area contributed by atoms with Gasteiger partial charge < -0.3 is 38.3 Å². The fourth-order valence-corrected chi connectivity index (χ4v) is 56.2. The number of ether oxygens (including phenoxy) is 2. The van der Waals surface area contributed by atoms with Crippen LogP contribution >= 0.6 is 63.7 Å². The Bertz CT molecular complexity index is 2540. The quantitative estimate of drug-likeness (QED) is 0.0322. The fourth-order valence-electron chi connectivity index (χ4n) is 14.3. The van der Waals surface area contributed by atoms with Gasteiger partial charge in [0.15, 0.2) is 16.6 Å². The minimum atomic E-state index is -2.75. The van der Waals surface area contributed by atoms with E-state index in [-0.39, 0.29) is 10.8 Å². The predicted molar refractivity (Wildman–Crippen MR) is 391 cm³/mol. The molecule has 476 valence electrons.